The molecule has 0 atom stereocenters. The molecule has 0 amide bonds. The van der Waals surface area contributed by atoms with E-state index in [1.54, 1.807) is 0 Å². The second-order valence-electron chi connectivity index (χ2n) is 4.04. The van der Waals surface area contributed by atoms with E-state index in [0.29, 0.717) is 10.8 Å². The molecule has 0 fully saturated rings. The summed E-state index contributed by atoms with van der Waals surface area (Å²) in [6, 6.07) is 6.11. The highest BCUT2D eigenvalue weighted by atomic mass is 35.5. The Morgan fingerprint density at radius 2 is 2.16 bits per heavy atom. The fourth-order valence-electron chi connectivity index (χ4n) is 1.66. The number of nitrogens with zero attached hydrogens (tertiary/aromatic N) is 3. The number of anilines is 3. The van der Waals surface area contributed by atoms with Gasteiger partial charge in [0.25, 0.3) is 0 Å². The maximum absolute atomic E-state index is 6.03. The zero-order valence-electron chi connectivity index (χ0n) is 10.0. The van der Waals surface area contributed by atoms with Crippen molar-refractivity contribution >= 4 is 49.9 Å². The van der Waals surface area contributed by atoms with Crippen molar-refractivity contribution in [2.24, 2.45) is 0 Å². The molecule has 0 aliphatic carbocycles. The lowest BCUT2D eigenvalue weighted by Gasteiger charge is -2.04. The Balaban J connectivity index is 1.99. The summed E-state index contributed by atoms with van der Waals surface area (Å²) in [5, 5.41) is 4.09. The molecule has 3 aromatic rings. The molecule has 2 aromatic heterocycles. The number of aromatic nitrogens is 3. The van der Waals surface area contributed by atoms with Crippen LogP contribution in [0.15, 0.2) is 24.5 Å². The Labute approximate surface area is 118 Å². The normalized spacial score (nSPS) is 10.8. The van der Waals surface area contributed by atoms with Crippen LogP contribution in [0.25, 0.3) is 10.2 Å². The van der Waals surface area contributed by atoms with Gasteiger partial charge in [0.15, 0.2) is 10.9 Å². The van der Waals surface area contributed by atoms with Crippen molar-refractivity contribution in [3.63, 3.8) is 0 Å². The molecule has 0 aliphatic heterocycles. The van der Waals surface area contributed by atoms with Gasteiger partial charge in [-0.15, -0.1) is 0 Å². The molecular weight excluding hydrogens is 282 g/mol. The lowest BCUT2D eigenvalue weighted by Crippen LogP contribution is -1.99. The van der Waals surface area contributed by atoms with Crippen LogP contribution < -0.4 is 11.1 Å². The molecule has 0 radical (unpaired) electrons. The van der Waals surface area contributed by atoms with E-state index in [2.05, 4.69) is 26.3 Å². The van der Waals surface area contributed by atoms with Gasteiger partial charge in [0, 0.05) is 0 Å². The van der Waals surface area contributed by atoms with Gasteiger partial charge in [-0.1, -0.05) is 29.0 Å². The molecule has 5 nitrogen and oxygen atoms in total. The number of nitrogens with two attached hydrogens (primary N) is 1. The number of halogens is 1. The van der Waals surface area contributed by atoms with Crippen LogP contribution in [0.4, 0.5) is 16.8 Å². The highest BCUT2D eigenvalue weighted by molar-refractivity contribution is 7.22. The van der Waals surface area contributed by atoms with Crippen LogP contribution in [0.5, 0.6) is 0 Å². The van der Waals surface area contributed by atoms with Crippen LogP contribution in [0, 0.1) is 6.92 Å². The highest BCUT2D eigenvalue weighted by Crippen LogP contribution is 2.31. The molecule has 19 heavy (non-hydrogen) atoms. The van der Waals surface area contributed by atoms with Crippen molar-refractivity contribution in [3.05, 3.63) is 35.1 Å². The molecule has 1 aromatic carbocycles. The first-order valence-corrected chi connectivity index (χ1v) is 6.73. The fourth-order valence-corrected chi connectivity index (χ4v) is 2.77. The first-order chi connectivity index (χ1) is 9.13. The summed E-state index contributed by atoms with van der Waals surface area (Å²) in [5.41, 5.74) is 7.77. The molecule has 2 heterocycles. The van der Waals surface area contributed by atoms with Crippen LogP contribution in [-0.2, 0) is 0 Å². The van der Waals surface area contributed by atoms with Crippen molar-refractivity contribution in [2.75, 3.05) is 11.1 Å². The number of hydrogen-bond donors (Lipinski definition) is 2. The summed E-state index contributed by atoms with van der Waals surface area (Å²) in [7, 11) is 0. The Morgan fingerprint density at radius 1 is 1.32 bits per heavy atom. The smallest absolute Gasteiger partial charge is 0.189 e. The fraction of sp³-hybridized carbons (Fsp3) is 0.0833. The van der Waals surface area contributed by atoms with Crippen molar-refractivity contribution < 1.29 is 0 Å². The van der Waals surface area contributed by atoms with Crippen LogP contribution in [0.1, 0.15) is 5.56 Å². The molecule has 0 saturated carbocycles. The minimum Gasteiger partial charge on any atom is -0.382 e. The average molecular weight is 292 g/mol. The predicted octanol–water partition coefficient (Wildman–Crippen LogP) is 3.37. The largest absolute Gasteiger partial charge is 0.382 e. The van der Waals surface area contributed by atoms with E-state index in [0.717, 1.165) is 15.3 Å². The van der Waals surface area contributed by atoms with Crippen LogP contribution in [0.2, 0.25) is 5.02 Å². The summed E-state index contributed by atoms with van der Waals surface area (Å²) in [6.45, 7) is 2.05. The van der Waals surface area contributed by atoms with Gasteiger partial charge in [-0.3, -0.25) is 0 Å². The van der Waals surface area contributed by atoms with Gasteiger partial charge < -0.3 is 11.1 Å². The third-order valence-electron chi connectivity index (χ3n) is 2.59. The molecule has 0 saturated heterocycles. The van der Waals surface area contributed by atoms with E-state index in [1.165, 1.54) is 23.2 Å². The maximum atomic E-state index is 6.03. The quantitative estimate of drug-likeness (QED) is 0.757. The maximum Gasteiger partial charge on any atom is 0.189 e. The van der Waals surface area contributed by atoms with Crippen molar-refractivity contribution in [3.8, 4) is 0 Å². The second-order valence-corrected chi connectivity index (χ2v) is 5.45. The minimum atomic E-state index is 0.246. The summed E-state index contributed by atoms with van der Waals surface area (Å²) in [4.78, 5) is 12.3. The van der Waals surface area contributed by atoms with E-state index < -0.39 is 0 Å². The van der Waals surface area contributed by atoms with E-state index in [9.17, 15) is 0 Å². The van der Waals surface area contributed by atoms with Crippen LogP contribution in [-0.4, -0.2) is 15.0 Å². The highest BCUT2D eigenvalue weighted by Gasteiger charge is 2.09. The number of fused-ring (bicyclic) bond motifs is 1. The monoisotopic (exact) mass is 291 g/mol. The first kappa shape index (κ1) is 12.1. The summed E-state index contributed by atoms with van der Waals surface area (Å²) in [5.74, 6) is 0.709. The van der Waals surface area contributed by atoms with Crippen LogP contribution >= 0.6 is 22.9 Å². The molecule has 0 aliphatic rings. The van der Waals surface area contributed by atoms with Crippen molar-refractivity contribution in [1.29, 1.82) is 0 Å². The Hall–Kier alpha value is -1.92. The Morgan fingerprint density at radius 3 is 3.00 bits per heavy atom. The second kappa shape index (κ2) is 4.64. The summed E-state index contributed by atoms with van der Waals surface area (Å²) in [6.07, 6.45) is 1.36. The molecule has 0 spiro atoms. The van der Waals surface area contributed by atoms with Gasteiger partial charge in [0.1, 0.15) is 17.2 Å². The minimum absolute atomic E-state index is 0.246. The number of thiazole rings is 1. The van der Waals surface area contributed by atoms with Gasteiger partial charge in [-0.2, -0.15) is 0 Å². The standard InChI is InChI=1S/C12H10ClN5S/c1-6-2-3-7-8(4-6)19-12(17-7)18-11-9(13)10(14)15-5-16-11/h2-5H,1H3,(H3,14,15,16,17,18). The van der Waals surface area contributed by atoms with Gasteiger partial charge in [-0.25, -0.2) is 15.0 Å². The molecule has 96 valence electrons. The van der Waals surface area contributed by atoms with E-state index in [1.807, 2.05) is 19.1 Å². The number of benzene rings is 1. The summed E-state index contributed by atoms with van der Waals surface area (Å²) < 4.78 is 1.11. The van der Waals surface area contributed by atoms with Gasteiger partial charge in [0.2, 0.25) is 0 Å². The third kappa shape index (κ3) is 2.32. The molecule has 3 N–H and O–H groups in total. The van der Waals surface area contributed by atoms with E-state index in [-0.39, 0.29) is 5.82 Å². The average Bonchev–Trinajstić information content (AvgIpc) is 2.76. The number of rotatable bonds is 2. The molecule has 3 rings (SSSR count). The van der Waals surface area contributed by atoms with E-state index in [4.69, 9.17) is 17.3 Å². The van der Waals surface area contributed by atoms with Crippen LogP contribution in [0.3, 0.4) is 0 Å². The first-order valence-electron chi connectivity index (χ1n) is 5.53. The molecule has 0 bridgehead atoms. The SMILES string of the molecule is Cc1ccc2nc(Nc3ncnc(N)c3Cl)sc2c1. The number of aryl methyl sites for hydroxylation is 1. The van der Waals surface area contributed by atoms with Gasteiger partial charge >= 0.3 is 0 Å². The number of nitrogens with one attached hydrogen (secondary N) is 1. The van der Waals surface area contributed by atoms with Crippen molar-refractivity contribution in [2.45, 2.75) is 6.92 Å². The van der Waals surface area contributed by atoms with Crippen molar-refractivity contribution in [1.82, 2.24) is 15.0 Å². The lowest BCUT2D eigenvalue weighted by molar-refractivity contribution is 1.17. The predicted molar refractivity (Wildman–Crippen MR) is 79.1 cm³/mol. The number of hydrogen-bond acceptors (Lipinski definition) is 6. The zero-order valence-corrected chi connectivity index (χ0v) is 11.6. The summed E-state index contributed by atoms with van der Waals surface area (Å²) >= 11 is 7.57. The van der Waals surface area contributed by atoms with Gasteiger partial charge in [0.05, 0.1) is 10.2 Å². The Kier molecular flexibility index (Phi) is 2.96. The van der Waals surface area contributed by atoms with E-state index >= 15 is 0 Å². The molecular formula is C12H10ClN5S. The molecule has 7 heteroatoms. The zero-order chi connectivity index (χ0) is 13.4. The number of nitrogen functional groups attached to an aromatic ring is 1. The lowest BCUT2D eigenvalue weighted by atomic mass is 10.2. The topological polar surface area (TPSA) is 76.7 Å². The molecule has 0 unspecified atom stereocenters. The third-order valence-corrected chi connectivity index (χ3v) is 3.89. The van der Waals surface area contributed by atoms with Gasteiger partial charge in [-0.05, 0) is 24.6 Å². The Bertz CT molecular complexity index is 755.